The van der Waals surface area contributed by atoms with Gasteiger partial charge in [0, 0.05) is 5.57 Å². The zero-order valence-corrected chi connectivity index (χ0v) is 27.3. The lowest BCUT2D eigenvalue weighted by molar-refractivity contribution is -0.139. The second kappa shape index (κ2) is 27.7. The van der Waals surface area contributed by atoms with Crippen molar-refractivity contribution in [1.29, 1.82) is 0 Å². The molecule has 2 N–H and O–H groups in total. The number of ether oxygens (including phenoxy) is 1. The van der Waals surface area contributed by atoms with Crippen molar-refractivity contribution in [3.05, 3.63) is 23.8 Å². The molecule has 0 aliphatic carbocycles. The molecule has 0 spiro atoms. The van der Waals surface area contributed by atoms with E-state index in [-0.39, 0.29) is 12.1 Å². The number of carbonyl (C=O) groups excluding carboxylic acids is 1. The molecule has 1 rings (SSSR count). The van der Waals surface area contributed by atoms with Crippen molar-refractivity contribution in [2.24, 2.45) is 0 Å². The number of cyclic esters (lactones) is 1. The zero-order chi connectivity index (χ0) is 29.8. The van der Waals surface area contributed by atoms with Gasteiger partial charge >= 0.3 is 5.97 Å². The molecule has 1 aliphatic heterocycles. The van der Waals surface area contributed by atoms with Crippen LogP contribution < -0.4 is 0 Å². The highest BCUT2D eigenvalue weighted by atomic mass is 16.5. The summed E-state index contributed by atoms with van der Waals surface area (Å²) in [5, 5.41) is 20.5. The standard InChI is InChI=1S/C37H68O4/c1-3-4-5-6-7-8-9-10-11-15-18-21-24-27-30-35(38)36(39)31-28-25-22-19-16-13-12-14-17-20-23-26-29-34-32-33(2)41-37(34)40/h21,24,32-33,35-36,38-39H,3-20,22-23,25-31H2,1-2H3/b24-21+/t33-,35+,36+/m0/s1. The van der Waals surface area contributed by atoms with Gasteiger partial charge in [0.2, 0.25) is 0 Å². The molecule has 3 atom stereocenters. The molecule has 0 saturated carbocycles. The summed E-state index contributed by atoms with van der Waals surface area (Å²) in [6.07, 6.45) is 38.1. The maximum Gasteiger partial charge on any atom is 0.334 e. The lowest BCUT2D eigenvalue weighted by atomic mass is 10.0. The number of carbonyl (C=O) groups is 1. The predicted molar refractivity (Wildman–Crippen MR) is 175 cm³/mol. The molecule has 0 aromatic carbocycles. The summed E-state index contributed by atoms with van der Waals surface area (Å²) in [6.45, 7) is 4.19. The largest absolute Gasteiger partial charge is 0.455 e. The van der Waals surface area contributed by atoms with Crippen LogP contribution in [0.5, 0.6) is 0 Å². The van der Waals surface area contributed by atoms with Gasteiger partial charge in [-0.05, 0) is 57.9 Å². The first kappa shape index (κ1) is 37.9. The third kappa shape index (κ3) is 23.1. The maximum absolute atomic E-state index is 11.6. The van der Waals surface area contributed by atoms with Gasteiger partial charge in [-0.25, -0.2) is 4.79 Å². The van der Waals surface area contributed by atoms with Crippen molar-refractivity contribution in [3.63, 3.8) is 0 Å². The van der Waals surface area contributed by atoms with Crippen molar-refractivity contribution >= 4 is 5.97 Å². The summed E-state index contributed by atoms with van der Waals surface area (Å²) in [5.41, 5.74) is 0.876. The van der Waals surface area contributed by atoms with Crippen molar-refractivity contribution < 1.29 is 19.7 Å². The summed E-state index contributed by atoms with van der Waals surface area (Å²) >= 11 is 0. The molecule has 0 unspecified atom stereocenters. The third-order valence-electron chi connectivity index (χ3n) is 8.65. The number of aliphatic hydroxyl groups is 2. The molecule has 0 amide bonds. The SMILES string of the molecule is CCCCCCCCCCCC/C=C/CC[C@@H](O)[C@H](O)CCCCCCCCCCCCCCC1=C[C@H](C)OC1=O. The molecule has 0 aromatic rings. The molecule has 240 valence electrons. The highest BCUT2D eigenvalue weighted by molar-refractivity contribution is 5.90. The summed E-state index contributed by atoms with van der Waals surface area (Å²) in [5.74, 6) is -0.112. The van der Waals surface area contributed by atoms with E-state index in [1.807, 2.05) is 13.0 Å². The number of unbranched alkanes of at least 4 members (excludes halogenated alkanes) is 21. The zero-order valence-electron chi connectivity index (χ0n) is 27.3. The molecule has 1 heterocycles. The first-order chi connectivity index (χ1) is 20.0. The summed E-state index contributed by atoms with van der Waals surface area (Å²) in [6, 6.07) is 0. The topological polar surface area (TPSA) is 66.8 Å². The highest BCUT2D eigenvalue weighted by Gasteiger charge is 2.21. The normalized spacial score (nSPS) is 16.8. The Labute approximate surface area is 254 Å². The summed E-state index contributed by atoms with van der Waals surface area (Å²) < 4.78 is 5.14. The fraction of sp³-hybridized carbons (Fsp3) is 0.865. The van der Waals surface area contributed by atoms with Gasteiger partial charge in [0.25, 0.3) is 0 Å². The number of aliphatic hydroxyl groups excluding tert-OH is 2. The minimum absolute atomic E-state index is 0.0385. The third-order valence-corrected chi connectivity index (χ3v) is 8.65. The maximum atomic E-state index is 11.6. The number of esters is 1. The van der Waals surface area contributed by atoms with E-state index in [9.17, 15) is 15.0 Å². The van der Waals surface area contributed by atoms with E-state index in [1.165, 1.54) is 122 Å². The Morgan fingerprint density at radius 1 is 0.634 bits per heavy atom. The van der Waals surface area contributed by atoms with E-state index in [0.717, 1.165) is 50.5 Å². The van der Waals surface area contributed by atoms with E-state index in [2.05, 4.69) is 19.1 Å². The molecular formula is C37H68O4. The lowest BCUT2D eigenvalue weighted by Gasteiger charge is -2.17. The summed E-state index contributed by atoms with van der Waals surface area (Å²) in [7, 11) is 0. The average Bonchev–Trinajstić information content (AvgIpc) is 3.29. The van der Waals surface area contributed by atoms with E-state index in [1.54, 1.807) is 0 Å². The van der Waals surface area contributed by atoms with Crippen LogP contribution in [0.3, 0.4) is 0 Å². The monoisotopic (exact) mass is 577 g/mol. The fourth-order valence-electron chi connectivity index (χ4n) is 5.89. The van der Waals surface area contributed by atoms with Crippen LogP contribution in [0.2, 0.25) is 0 Å². The van der Waals surface area contributed by atoms with Gasteiger partial charge in [0.15, 0.2) is 0 Å². The Morgan fingerprint density at radius 3 is 1.59 bits per heavy atom. The Bertz CT molecular complexity index is 655. The molecule has 0 bridgehead atoms. The minimum atomic E-state index is -0.586. The van der Waals surface area contributed by atoms with Gasteiger partial charge in [-0.1, -0.05) is 147 Å². The van der Waals surface area contributed by atoms with Crippen LogP contribution in [0.25, 0.3) is 0 Å². The Hall–Kier alpha value is -1.13. The van der Waals surface area contributed by atoms with E-state index in [4.69, 9.17) is 4.74 Å². The molecule has 0 radical (unpaired) electrons. The predicted octanol–water partition coefficient (Wildman–Crippen LogP) is 10.7. The molecule has 0 aromatic heterocycles. The Kier molecular flexibility index (Phi) is 25.6. The summed E-state index contributed by atoms with van der Waals surface area (Å²) in [4.78, 5) is 11.6. The quantitative estimate of drug-likeness (QED) is 0.0507. The van der Waals surface area contributed by atoms with E-state index in [0.29, 0.717) is 6.42 Å². The molecule has 41 heavy (non-hydrogen) atoms. The number of allylic oxidation sites excluding steroid dienone is 2. The van der Waals surface area contributed by atoms with Crippen LogP contribution in [0.1, 0.15) is 187 Å². The van der Waals surface area contributed by atoms with Crippen LogP contribution in [0, 0.1) is 0 Å². The second-order valence-corrected chi connectivity index (χ2v) is 12.7. The first-order valence-corrected chi connectivity index (χ1v) is 18.0. The highest BCUT2D eigenvalue weighted by Crippen LogP contribution is 2.20. The number of hydrogen-bond donors (Lipinski definition) is 2. The first-order valence-electron chi connectivity index (χ1n) is 18.0. The van der Waals surface area contributed by atoms with Gasteiger partial charge in [-0.3, -0.25) is 0 Å². The van der Waals surface area contributed by atoms with Crippen LogP contribution in [-0.4, -0.2) is 34.5 Å². The molecular weight excluding hydrogens is 508 g/mol. The fourth-order valence-corrected chi connectivity index (χ4v) is 5.89. The Morgan fingerprint density at radius 2 is 1.07 bits per heavy atom. The van der Waals surface area contributed by atoms with Crippen molar-refractivity contribution in [3.8, 4) is 0 Å². The molecule has 4 nitrogen and oxygen atoms in total. The van der Waals surface area contributed by atoms with Crippen molar-refractivity contribution in [2.45, 2.75) is 206 Å². The van der Waals surface area contributed by atoms with Crippen LogP contribution in [0.4, 0.5) is 0 Å². The molecule has 1 aliphatic rings. The van der Waals surface area contributed by atoms with Gasteiger partial charge < -0.3 is 14.9 Å². The lowest BCUT2D eigenvalue weighted by Crippen LogP contribution is -2.25. The van der Waals surface area contributed by atoms with Gasteiger partial charge in [0.05, 0.1) is 12.2 Å². The molecule has 0 fully saturated rings. The van der Waals surface area contributed by atoms with Gasteiger partial charge in [0.1, 0.15) is 6.10 Å². The van der Waals surface area contributed by atoms with Crippen molar-refractivity contribution in [1.82, 2.24) is 0 Å². The minimum Gasteiger partial charge on any atom is -0.455 e. The average molecular weight is 577 g/mol. The van der Waals surface area contributed by atoms with Gasteiger partial charge in [-0.2, -0.15) is 0 Å². The smallest absolute Gasteiger partial charge is 0.334 e. The van der Waals surface area contributed by atoms with E-state index >= 15 is 0 Å². The number of rotatable bonds is 30. The van der Waals surface area contributed by atoms with Crippen molar-refractivity contribution in [2.75, 3.05) is 0 Å². The van der Waals surface area contributed by atoms with Crippen LogP contribution in [0.15, 0.2) is 23.8 Å². The second-order valence-electron chi connectivity index (χ2n) is 12.7. The molecule has 4 heteroatoms. The number of hydrogen-bond acceptors (Lipinski definition) is 4. The van der Waals surface area contributed by atoms with E-state index < -0.39 is 12.2 Å². The molecule has 0 saturated heterocycles. The van der Waals surface area contributed by atoms with Crippen LogP contribution in [-0.2, 0) is 9.53 Å². The van der Waals surface area contributed by atoms with Gasteiger partial charge in [-0.15, -0.1) is 0 Å². The van der Waals surface area contributed by atoms with Crippen LogP contribution >= 0.6 is 0 Å². The Balaban J connectivity index is 1.79.